The molecule has 0 unspecified atom stereocenters. The van der Waals surface area contributed by atoms with Gasteiger partial charge in [-0.05, 0) is 36.9 Å². The summed E-state index contributed by atoms with van der Waals surface area (Å²) in [4.78, 5) is 25.7. The number of rotatable bonds is 4. The first kappa shape index (κ1) is 14.9. The summed E-state index contributed by atoms with van der Waals surface area (Å²) < 4.78 is 0. The molecule has 1 fully saturated rings. The Labute approximate surface area is 133 Å². The Hall–Kier alpha value is -1.98. The predicted molar refractivity (Wildman–Crippen MR) is 87.6 cm³/mol. The van der Waals surface area contributed by atoms with Crippen molar-refractivity contribution in [2.45, 2.75) is 18.9 Å². The zero-order chi connectivity index (χ0) is 15.4. The number of carbonyl (C=O) groups excluding carboxylic acids is 2. The topological polar surface area (TPSA) is 58.2 Å². The van der Waals surface area contributed by atoms with Crippen molar-refractivity contribution >= 4 is 23.0 Å². The van der Waals surface area contributed by atoms with Crippen LogP contribution in [0.1, 0.15) is 38.4 Å². The van der Waals surface area contributed by atoms with Gasteiger partial charge in [0, 0.05) is 18.2 Å². The van der Waals surface area contributed by atoms with Crippen LogP contribution >= 0.6 is 11.3 Å². The van der Waals surface area contributed by atoms with Crippen LogP contribution in [0.5, 0.6) is 0 Å². The Morgan fingerprint density at radius 2 is 1.95 bits per heavy atom. The Morgan fingerprint density at radius 1 is 1.14 bits per heavy atom. The maximum Gasteiger partial charge on any atom is 0.252 e. The molecule has 0 aliphatic carbocycles. The van der Waals surface area contributed by atoms with E-state index in [1.807, 2.05) is 11.4 Å². The second-order valence-corrected chi connectivity index (χ2v) is 6.32. The van der Waals surface area contributed by atoms with E-state index < -0.39 is 0 Å². The van der Waals surface area contributed by atoms with Gasteiger partial charge < -0.3 is 10.6 Å². The highest BCUT2D eigenvalue weighted by molar-refractivity contribution is 7.12. The summed E-state index contributed by atoms with van der Waals surface area (Å²) in [6.07, 6.45) is 2.03. The van der Waals surface area contributed by atoms with Crippen LogP contribution in [0.4, 0.5) is 0 Å². The molecule has 22 heavy (non-hydrogen) atoms. The molecule has 114 valence electrons. The Balaban J connectivity index is 1.81. The second kappa shape index (κ2) is 6.85. The third-order valence-electron chi connectivity index (χ3n) is 3.79. The molecule has 1 aliphatic heterocycles. The second-order valence-electron chi connectivity index (χ2n) is 5.37. The highest BCUT2D eigenvalue weighted by Gasteiger charge is 2.21. The van der Waals surface area contributed by atoms with Crippen molar-refractivity contribution in [2.24, 2.45) is 0 Å². The molecule has 1 saturated heterocycles. The van der Waals surface area contributed by atoms with Crippen LogP contribution in [0.2, 0.25) is 0 Å². The summed E-state index contributed by atoms with van der Waals surface area (Å²) in [5.74, 6) is -0.267. The highest BCUT2D eigenvalue weighted by Crippen LogP contribution is 2.18. The minimum absolute atomic E-state index is 0.0949. The maximum absolute atomic E-state index is 12.5. The average Bonchev–Trinajstić information content (AvgIpc) is 3.09. The summed E-state index contributed by atoms with van der Waals surface area (Å²) in [7, 11) is 0. The zero-order valence-corrected chi connectivity index (χ0v) is 13.0. The third-order valence-corrected chi connectivity index (χ3v) is 4.66. The lowest BCUT2D eigenvalue weighted by Crippen LogP contribution is -2.45. The van der Waals surface area contributed by atoms with Crippen molar-refractivity contribution in [1.29, 1.82) is 0 Å². The standard InChI is InChI=1S/C17H18N2O2S/c20-16(15-8-4-10-22-15)13-6-1-2-7-14(13)17(21)19-12-5-3-9-18-11-12/h1-2,4,6-8,10,12,18H,3,5,9,11H2,(H,19,21)/t12-/m0/s1. The van der Waals surface area contributed by atoms with Crippen molar-refractivity contribution in [3.8, 4) is 0 Å². The van der Waals surface area contributed by atoms with Gasteiger partial charge in [-0.3, -0.25) is 9.59 Å². The van der Waals surface area contributed by atoms with Crippen molar-refractivity contribution in [1.82, 2.24) is 10.6 Å². The maximum atomic E-state index is 12.5. The minimum Gasteiger partial charge on any atom is -0.348 e. The van der Waals surface area contributed by atoms with Gasteiger partial charge in [-0.1, -0.05) is 24.3 Å². The van der Waals surface area contributed by atoms with Gasteiger partial charge in [-0.25, -0.2) is 0 Å². The van der Waals surface area contributed by atoms with Crippen LogP contribution in [-0.2, 0) is 0 Å². The van der Waals surface area contributed by atoms with Gasteiger partial charge in [0.2, 0.25) is 5.78 Å². The summed E-state index contributed by atoms with van der Waals surface area (Å²) in [5, 5.41) is 8.16. The molecule has 2 heterocycles. The average molecular weight is 314 g/mol. The van der Waals surface area contributed by atoms with Crippen molar-refractivity contribution < 1.29 is 9.59 Å². The van der Waals surface area contributed by atoms with Gasteiger partial charge >= 0.3 is 0 Å². The zero-order valence-electron chi connectivity index (χ0n) is 12.2. The van der Waals surface area contributed by atoms with E-state index in [0.717, 1.165) is 25.9 Å². The first-order chi connectivity index (χ1) is 10.8. The molecule has 2 N–H and O–H groups in total. The molecule has 1 aromatic heterocycles. The molecular weight excluding hydrogens is 296 g/mol. The minimum atomic E-state index is -0.172. The molecule has 0 bridgehead atoms. The first-order valence-electron chi connectivity index (χ1n) is 7.44. The summed E-state index contributed by atoms with van der Waals surface area (Å²) in [5.41, 5.74) is 0.915. The lowest BCUT2D eigenvalue weighted by molar-refractivity contribution is 0.0921. The SMILES string of the molecule is O=C(N[C@H]1CCCNC1)c1ccccc1C(=O)c1cccs1. The molecule has 1 amide bonds. The Bertz CT molecular complexity index is 661. The molecule has 5 heteroatoms. The number of hydrogen-bond acceptors (Lipinski definition) is 4. The molecule has 0 radical (unpaired) electrons. The third kappa shape index (κ3) is 3.26. The monoisotopic (exact) mass is 314 g/mol. The van der Waals surface area contributed by atoms with E-state index in [1.165, 1.54) is 11.3 Å². The number of thiophene rings is 1. The number of nitrogens with one attached hydrogen (secondary N) is 2. The van der Waals surface area contributed by atoms with Crippen molar-refractivity contribution in [2.75, 3.05) is 13.1 Å². The lowest BCUT2D eigenvalue weighted by atomic mass is 10.0. The fourth-order valence-electron chi connectivity index (χ4n) is 2.66. The van der Waals surface area contributed by atoms with Gasteiger partial charge in [0.05, 0.1) is 10.4 Å². The lowest BCUT2D eigenvalue weighted by Gasteiger charge is -2.24. The van der Waals surface area contributed by atoms with E-state index in [2.05, 4.69) is 10.6 Å². The van der Waals surface area contributed by atoms with Crippen LogP contribution in [0.15, 0.2) is 41.8 Å². The molecule has 0 spiro atoms. The molecule has 1 aromatic carbocycles. The van der Waals surface area contributed by atoms with E-state index in [0.29, 0.717) is 16.0 Å². The van der Waals surface area contributed by atoms with E-state index >= 15 is 0 Å². The van der Waals surface area contributed by atoms with E-state index in [9.17, 15) is 9.59 Å². The van der Waals surface area contributed by atoms with Gasteiger partial charge in [-0.2, -0.15) is 0 Å². The van der Waals surface area contributed by atoms with E-state index in [4.69, 9.17) is 0 Å². The number of carbonyl (C=O) groups is 2. The van der Waals surface area contributed by atoms with Gasteiger partial charge in [0.25, 0.3) is 5.91 Å². The highest BCUT2D eigenvalue weighted by atomic mass is 32.1. The van der Waals surface area contributed by atoms with Crippen LogP contribution in [0, 0.1) is 0 Å². The largest absolute Gasteiger partial charge is 0.348 e. The van der Waals surface area contributed by atoms with Gasteiger partial charge in [-0.15, -0.1) is 11.3 Å². The van der Waals surface area contributed by atoms with E-state index in [1.54, 1.807) is 30.3 Å². The van der Waals surface area contributed by atoms with Crippen LogP contribution in [-0.4, -0.2) is 30.8 Å². The summed E-state index contributed by atoms with van der Waals surface area (Å²) in [6.45, 7) is 1.78. The molecule has 1 aliphatic rings. The summed E-state index contributed by atoms with van der Waals surface area (Å²) in [6, 6.07) is 10.8. The summed E-state index contributed by atoms with van der Waals surface area (Å²) >= 11 is 1.39. The fourth-order valence-corrected chi connectivity index (χ4v) is 3.34. The molecule has 2 aromatic rings. The fraction of sp³-hybridized carbons (Fsp3) is 0.294. The molecule has 4 nitrogen and oxygen atoms in total. The van der Waals surface area contributed by atoms with Crippen molar-refractivity contribution in [3.05, 3.63) is 57.8 Å². The Kier molecular flexibility index (Phi) is 4.65. The first-order valence-corrected chi connectivity index (χ1v) is 8.32. The molecule has 3 rings (SSSR count). The van der Waals surface area contributed by atoms with Crippen LogP contribution < -0.4 is 10.6 Å². The number of ketones is 1. The van der Waals surface area contributed by atoms with Gasteiger partial charge in [0.1, 0.15) is 0 Å². The molecular formula is C17H18N2O2S. The predicted octanol–water partition coefficient (Wildman–Crippen LogP) is 2.46. The van der Waals surface area contributed by atoms with E-state index in [-0.39, 0.29) is 17.7 Å². The van der Waals surface area contributed by atoms with Crippen molar-refractivity contribution in [3.63, 3.8) is 0 Å². The van der Waals surface area contributed by atoms with Crippen LogP contribution in [0.25, 0.3) is 0 Å². The number of hydrogen-bond donors (Lipinski definition) is 2. The smallest absolute Gasteiger partial charge is 0.252 e. The van der Waals surface area contributed by atoms with Gasteiger partial charge in [0.15, 0.2) is 0 Å². The number of piperidine rings is 1. The molecule has 0 saturated carbocycles. The quantitative estimate of drug-likeness (QED) is 0.852. The molecule has 1 atom stereocenters. The van der Waals surface area contributed by atoms with Crippen LogP contribution in [0.3, 0.4) is 0 Å². The Morgan fingerprint density at radius 3 is 2.64 bits per heavy atom. The number of benzene rings is 1. The normalized spacial score (nSPS) is 17.9. The number of amides is 1.